The number of hydrogen-bond acceptors (Lipinski definition) is 9. The van der Waals surface area contributed by atoms with Crippen LogP contribution in [-0.4, -0.2) is 80.4 Å². The minimum absolute atomic E-state index is 0.324. The molecule has 0 fully saturated rings. The van der Waals surface area contributed by atoms with Crippen LogP contribution >= 0.6 is 0 Å². The Labute approximate surface area is 150 Å². The van der Waals surface area contributed by atoms with Crippen molar-refractivity contribution in [3.8, 4) is 0 Å². The Morgan fingerprint density at radius 3 is 0.800 bits per heavy atom. The molecule has 0 bridgehead atoms. The van der Waals surface area contributed by atoms with Gasteiger partial charge in [0.15, 0.2) is 0 Å². The lowest BCUT2D eigenvalue weighted by atomic mass is 10.1. The Balaban J connectivity index is 6.41. The average Bonchev–Trinajstić information content (AvgIpc) is 2.68. The molecule has 0 heterocycles. The van der Waals surface area contributed by atoms with E-state index in [9.17, 15) is 0 Å². The van der Waals surface area contributed by atoms with Crippen molar-refractivity contribution in [2.75, 3.05) is 56.9 Å². The summed E-state index contributed by atoms with van der Waals surface area (Å²) in [5.74, 6) is -6.59. The van der Waals surface area contributed by atoms with Crippen molar-refractivity contribution in [3.05, 3.63) is 0 Å². The summed E-state index contributed by atoms with van der Waals surface area (Å²) >= 11 is 0. The highest BCUT2D eigenvalue weighted by atomic mass is 17.0. The fraction of sp³-hybridized carbons (Fsp3) is 1.00. The van der Waals surface area contributed by atoms with E-state index in [1.54, 1.807) is 0 Å². The first-order chi connectivity index (χ1) is 11.8. The molecule has 0 unspecified atom stereocenters. The Morgan fingerprint density at radius 2 is 0.680 bits per heavy atom. The summed E-state index contributed by atoms with van der Waals surface area (Å²) in [5, 5.41) is 0. The molecule has 9 heteroatoms. The fourth-order valence-corrected chi connectivity index (χ4v) is 2.96. The molecule has 0 aliphatic carbocycles. The number of rotatable bonds is 14. The molecule has 0 rings (SSSR count). The highest BCUT2D eigenvalue weighted by Gasteiger charge is 2.66. The maximum absolute atomic E-state index is 6.11. The summed E-state index contributed by atoms with van der Waals surface area (Å²) in [6.07, 6.45) is 0.647. The van der Waals surface area contributed by atoms with Gasteiger partial charge in [-0.3, -0.25) is 4.74 Å². The van der Waals surface area contributed by atoms with Crippen LogP contribution in [0.25, 0.3) is 0 Å². The van der Waals surface area contributed by atoms with Gasteiger partial charge >= 0.3 is 11.9 Å². The van der Waals surface area contributed by atoms with Gasteiger partial charge in [-0.25, -0.2) is 0 Å². The number of ether oxygens (including phenoxy) is 9. The summed E-state index contributed by atoms with van der Waals surface area (Å²) in [5.41, 5.74) is 0. The number of hydrogen-bond donors (Lipinski definition) is 0. The molecule has 152 valence electrons. The molecule has 0 N–H and O–H groups in total. The zero-order valence-electron chi connectivity index (χ0n) is 17.1. The SMILES string of the molecule is CCC(OC)(OC)C(OC)(OC)OC(OC)(OC)C(CC)(OC)OC. The van der Waals surface area contributed by atoms with Gasteiger partial charge < -0.3 is 37.9 Å². The molecule has 0 amide bonds. The molecule has 0 aromatic heterocycles. The fourth-order valence-electron chi connectivity index (χ4n) is 2.96. The van der Waals surface area contributed by atoms with Gasteiger partial charge in [0.05, 0.1) is 0 Å². The molecule has 0 aromatic rings. The van der Waals surface area contributed by atoms with Crippen LogP contribution in [0.15, 0.2) is 0 Å². The van der Waals surface area contributed by atoms with Crippen LogP contribution in [0.3, 0.4) is 0 Å². The molecule has 25 heavy (non-hydrogen) atoms. The third-order valence-electron chi connectivity index (χ3n) is 4.53. The van der Waals surface area contributed by atoms with Gasteiger partial charge in [0.2, 0.25) is 0 Å². The quantitative estimate of drug-likeness (QED) is 0.424. The van der Waals surface area contributed by atoms with Gasteiger partial charge in [-0.2, -0.15) is 0 Å². The smallest absolute Gasteiger partial charge is 0.344 e. The topological polar surface area (TPSA) is 83.1 Å². The monoisotopic (exact) mass is 370 g/mol. The molecule has 0 aromatic carbocycles. The Kier molecular flexibility index (Phi) is 9.95. The molecule has 0 atom stereocenters. The molecule has 0 saturated heterocycles. The lowest BCUT2D eigenvalue weighted by molar-refractivity contribution is -0.586. The van der Waals surface area contributed by atoms with E-state index in [2.05, 4.69) is 0 Å². The summed E-state index contributed by atoms with van der Waals surface area (Å²) in [6.45, 7) is 3.65. The second-order valence-electron chi connectivity index (χ2n) is 5.06. The highest BCUT2D eigenvalue weighted by molar-refractivity contribution is 4.87. The highest BCUT2D eigenvalue weighted by Crippen LogP contribution is 2.44. The first-order valence-corrected chi connectivity index (χ1v) is 7.93. The van der Waals surface area contributed by atoms with Crippen molar-refractivity contribution in [2.24, 2.45) is 0 Å². The van der Waals surface area contributed by atoms with Crippen LogP contribution in [-0.2, 0) is 42.6 Å². The van der Waals surface area contributed by atoms with Crippen LogP contribution in [0, 0.1) is 0 Å². The molecule has 0 spiro atoms. The Bertz CT molecular complexity index is 308. The predicted molar refractivity (Wildman–Crippen MR) is 88.7 cm³/mol. The van der Waals surface area contributed by atoms with E-state index in [-0.39, 0.29) is 0 Å². The standard InChI is InChI=1S/C16H34O9/c1-11-13(17-3,18-4)15(21-7,22-8)25-16(23-9,24-10)14(12-2,19-5)20-6/h11-12H2,1-10H3. The van der Waals surface area contributed by atoms with Gasteiger partial charge in [-0.05, 0) is 0 Å². The summed E-state index contributed by atoms with van der Waals surface area (Å²) in [7, 11) is 11.3. The van der Waals surface area contributed by atoms with E-state index in [1.807, 2.05) is 13.8 Å². The van der Waals surface area contributed by atoms with E-state index in [4.69, 9.17) is 42.6 Å². The van der Waals surface area contributed by atoms with Crippen LogP contribution in [0.5, 0.6) is 0 Å². The van der Waals surface area contributed by atoms with E-state index in [0.29, 0.717) is 12.8 Å². The van der Waals surface area contributed by atoms with Crippen molar-refractivity contribution in [3.63, 3.8) is 0 Å². The second kappa shape index (κ2) is 10.1. The van der Waals surface area contributed by atoms with E-state index < -0.39 is 23.5 Å². The lowest BCUT2D eigenvalue weighted by Crippen LogP contribution is -2.70. The largest absolute Gasteiger partial charge is 0.347 e. The molecule has 0 saturated carbocycles. The minimum atomic E-state index is -1.87. The van der Waals surface area contributed by atoms with E-state index >= 15 is 0 Å². The third kappa shape index (κ3) is 3.85. The summed E-state index contributed by atoms with van der Waals surface area (Å²) in [6, 6.07) is 0. The van der Waals surface area contributed by atoms with Crippen molar-refractivity contribution in [1.82, 2.24) is 0 Å². The first-order valence-electron chi connectivity index (χ1n) is 7.93. The van der Waals surface area contributed by atoms with Gasteiger partial charge in [0, 0.05) is 69.7 Å². The van der Waals surface area contributed by atoms with Crippen molar-refractivity contribution < 1.29 is 42.6 Å². The van der Waals surface area contributed by atoms with Gasteiger partial charge in [-0.1, -0.05) is 13.8 Å². The molecule has 0 aliphatic heterocycles. The Morgan fingerprint density at radius 1 is 0.440 bits per heavy atom. The number of methoxy groups -OCH3 is 8. The lowest BCUT2D eigenvalue weighted by Gasteiger charge is -2.51. The molecule has 0 aliphatic rings. The van der Waals surface area contributed by atoms with Crippen LogP contribution in [0.2, 0.25) is 0 Å². The van der Waals surface area contributed by atoms with Crippen molar-refractivity contribution in [1.29, 1.82) is 0 Å². The third-order valence-corrected chi connectivity index (χ3v) is 4.53. The minimum Gasteiger partial charge on any atom is -0.347 e. The molecule has 0 radical (unpaired) electrons. The van der Waals surface area contributed by atoms with Gasteiger partial charge in [-0.15, -0.1) is 0 Å². The van der Waals surface area contributed by atoms with E-state index in [0.717, 1.165) is 0 Å². The van der Waals surface area contributed by atoms with Crippen LogP contribution in [0.4, 0.5) is 0 Å². The van der Waals surface area contributed by atoms with Crippen molar-refractivity contribution in [2.45, 2.75) is 50.2 Å². The summed E-state index contributed by atoms with van der Waals surface area (Å²) < 4.78 is 50.5. The zero-order valence-corrected chi connectivity index (χ0v) is 17.1. The molecule has 9 nitrogen and oxygen atoms in total. The maximum atomic E-state index is 6.11. The van der Waals surface area contributed by atoms with Crippen LogP contribution in [0.1, 0.15) is 26.7 Å². The van der Waals surface area contributed by atoms with E-state index in [1.165, 1.54) is 56.9 Å². The van der Waals surface area contributed by atoms with Gasteiger partial charge in [0.25, 0.3) is 11.6 Å². The first kappa shape index (κ1) is 24.6. The van der Waals surface area contributed by atoms with Crippen molar-refractivity contribution >= 4 is 0 Å². The predicted octanol–water partition coefficient (Wildman–Crippen LogP) is 1.69. The zero-order chi connectivity index (χ0) is 19.8. The average molecular weight is 370 g/mol. The maximum Gasteiger partial charge on any atom is 0.344 e. The second-order valence-corrected chi connectivity index (χ2v) is 5.06. The van der Waals surface area contributed by atoms with Gasteiger partial charge in [0.1, 0.15) is 0 Å². The molecular formula is C16H34O9. The molecular weight excluding hydrogens is 336 g/mol. The summed E-state index contributed by atoms with van der Waals surface area (Å²) in [4.78, 5) is 0. The van der Waals surface area contributed by atoms with Crippen LogP contribution < -0.4 is 0 Å². The normalized spacial score (nSPS) is 14.2. The Hall–Kier alpha value is -0.360.